The number of ether oxygens (including phenoxy) is 1. The van der Waals surface area contributed by atoms with E-state index in [9.17, 15) is 29.4 Å². The van der Waals surface area contributed by atoms with E-state index in [2.05, 4.69) is 12.7 Å². The number of ketones is 2. The van der Waals surface area contributed by atoms with Gasteiger partial charge in [0.2, 0.25) is 5.78 Å². The van der Waals surface area contributed by atoms with Crippen molar-refractivity contribution >= 4 is 23.5 Å². The number of carboxylic acid groups (broad SMARTS) is 1. The van der Waals surface area contributed by atoms with Crippen molar-refractivity contribution in [2.24, 2.45) is 28.6 Å². The largest absolute Gasteiger partial charge is 1.00 e. The van der Waals surface area contributed by atoms with Gasteiger partial charge in [0, 0.05) is 18.3 Å². The Morgan fingerprint density at radius 1 is 1.19 bits per heavy atom. The summed E-state index contributed by atoms with van der Waals surface area (Å²) in [4.78, 5) is 48.2. The van der Waals surface area contributed by atoms with Crippen molar-refractivity contribution in [2.45, 2.75) is 89.4 Å². The van der Waals surface area contributed by atoms with Crippen LogP contribution in [0.25, 0.3) is 0 Å². The highest BCUT2D eigenvalue weighted by Gasteiger charge is 2.68. The van der Waals surface area contributed by atoms with Crippen molar-refractivity contribution in [3.05, 3.63) is 11.6 Å². The molecular formula is C26H38ClNO8. The van der Waals surface area contributed by atoms with Gasteiger partial charge >= 0.3 is 11.9 Å². The van der Waals surface area contributed by atoms with E-state index in [1.807, 2.05) is 6.92 Å². The summed E-state index contributed by atoms with van der Waals surface area (Å²) in [5.41, 5.74) is 1.91. The van der Waals surface area contributed by atoms with Crippen LogP contribution in [0.2, 0.25) is 0 Å². The van der Waals surface area contributed by atoms with Gasteiger partial charge < -0.3 is 38.2 Å². The summed E-state index contributed by atoms with van der Waals surface area (Å²) >= 11 is 0. The second-order valence-corrected chi connectivity index (χ2v) is 11.6. The molecule has 0 spiro atoms. The molecule has 3 fully saturated rings. The van der Waals surface area contributed by atoms with E-state index >= 15 is 0 Å². The topological polar surface area (TPSA) is 166 Å². The fraction of sp³-hybridized carbons (Fsp3) is 0.769. The molecule has 6 N–H and O–H groups in total. The van der Waals surface area contributed by atoms with E-state index in [0.29, 0.717) is 19.3 Å². The minimum atomic E-state index is -1.72. The van der Waals surface area contributed by atoms with Gasteiger partial charge in [-0.25, -0.2) is 4.79 Å². The number of aliphatic hydroxyl groups excluding tert-OH is 1. The molecule has 0 amide bonds. The number of Topliss-reactive ketones (excluding diaryl/α,β-unsaturated/α-hetero) is 1. The molecule has 0 saturated heterocycles. The molecule has 4 rings (SSSR count). The number of esters is 1. The quantitative estimate of drug-likeness (QED) is 0.271. The minimum absolute atomic E-state index is 0. The van der Waals surface area contributed by atoms with Crippen LogP contribution in [0, 0.1) is 28.6 Å². The zero-order valence-electron chi connectivity index (χ0n) is 21.0. The zero-order valence-corrected chi connectivity index (χ0v) is 21.8. The Kier molecular flexibility index (Phi) is 8.11. The Balaban J connectivity index is 0.00000361. The number of halogens is 1. The molecule has 9 nitrogen and oxygen atoms in total. The highest BCUT2D eigenvalue weighted by Crippen LogP contribution is 2.67. The van der Waals surface area contributed by atoms with Gasteiger partial charge in [-0.05, 0) is 67.8 Å². The third-order valence-corrected chi connectivity index (χ3v) is 9.90. The van der Waals surface area contributed by atoms with Gasteiger partial charge in [0.15, 0.2) is 18.4 Å². The summed E-state index contributed by atoms with van der Waals surface area (Å²) in [5, 5.41) is 31.9. The summed E-state index contributed by atoms with van der Waals surface area (Å²) in [7, 11) is 0. The number of carboxylic acids is 1. The number of fused-ring (bicyclic) bond motifs is 5. The Hall–Kier alpha value is -1.81. The summed E-state index contributed by atoms with van der Waals surface area (Å²) in [6.45, 7) is 3.42. The van der Waals surface area contributed by atoms with Crippen LogP contribution in [-0.4, -0.2) is 63.2 Å². The van der Waals surface area contributed by atoms with Crippen molar-refractivity contribution in [1.29, 1.82) is 0 Å². The minimum Gasteiger partial charge on any atom is -1.00 e. The van der Waals surface area contributed by atoms with Crippen molar-refractivity contribution in [2.75, 3.05) is 6.61 Å². The van der Waals surface area contributed by atoms with Crippen LogP contribution < -0.4 is 18.1 Å². The molecular weight excluding hydrogens is 490 g/mol. The maximum atomic E-state index is 13.2. The highest BCUT2D eigenvalue weighted by molar-refractivity contribution is 5.92. The third-order valence-electron chi connectivity index (χ3n) is 9.90. The zero-order chi connectivity index (χ0) is 25.8. The van der Waals surface area contributed by atoms with Gasteiger partial charge in [0.05, 0.1) is 12.5 Å². The Bertz CT molecular complexity index is 968. The summed E-state index contributed by atoms with van der Waals surface area (Å²) in [5.74, 6) is -2.11. The number of aliphatic carboxylic acids is 1. The maximum Gasteiger partial charge on any atom is 0.365 e. The molecule has 10 heteroatoms. The lowest BCUT2D eigenvalue weighted by molar-refractivity contribution is -0.409. The SMILES string of the molecule is CC12CCC(=O)C=C1CCC1C2C(O)CC2(C)C1CC[C@]2(O)C(=O)COC(=O)[C@H]([NH3+])CCC(=O)O.[Cl-]. The van der Waals surface area contributed by atoms with E-state index in [1.165, 1.54) is 0 Å². The van der Waals surface area contributed by atoms with Crippen LogP contribution in [-0.2, 0) is 23.9 Å². The van der Waals surface area contributed by atoms with E-state index in [0.717, 1.165) is 18.4 Å². The van der Waals surface area contributed by atoms with Gasteiger partial charge in [-0.3, -0.25) is 14.4 Å². The van der Waals surface area contributed by atoms with Crippen LogP contribution in [0.1, 0.15) is 71.6 Å². The van der Waals surface area contributed by atoms with Crippen molar-refractivity contribution in [3.8, 4) is 0 Å². The smallest absolute Gasteiger partial charge is 0.365 e. The Morgan fingerprint density at radius 3 is 2.56 bits per heavy atom. The van der Waals surface area contributed by atoms with Crippen LogP contribution in [0.5, 0.6) is 0 Å². The predicted molar refractivity (Wildman–Crippen MR) is 123 cm³/mol. The van der Waals surface area contributed by atoms with E-state index in [-0.39, 0.29) is 67.0 Å². The molecule has 0 aromatic heterocycles. The number of hydrogen-bond donors (Lipinski definition) is 4. The first-order valence-electron chi connectivity index (χ1n) is 12.7. The number of rotatable bonds is 7. The number of aliphatic hydroxyl groups is 2. The van der Waals surface area contributed by atoms with Crippen LogP contribution >= 0.6 is 0 Å². The summed E-state index contributed by atoms with van der Waals surface area (Å²) < 4.78 is 5.12. The van der Waals surface area contributed by atoms with E-state index < -0.39 is 47.5 Å². The lowest BCUT2D eigenvalue weighted by atomic mass is 9.45. The highest BCUT2D eigenvalue weighted by atomic mass is 35.5. The average Bonchev–Trinajstić information content (AvgIpc) is 3.06. The number of allylic oxidation sites excluding steroid dienone is 1. The Labute approximate surface area is 217 Å². The molecule has 4 aliphatic rings. The first-order valence-corrected chi connectivity index (χ1v) is 12.7. The molecule has 0 heterocycles. The van der Waals surface area contributed by atoms with Gasteiger partial charge in [-0.2, -0.15) is 0 Å². The fourth-order valence-corrected chi connectivity index (χ4v) is 7.94. The Morgan fingerprint density at radius 2 is 1.89 bits per heavy atom. The van der Waals surface area contributed by atoms with Crippen LogP contribution in [0.15, 0.2) is 11.6 Å². The van der Waals surface area contributed by atoms with Gasteiger partial charge in [-0.15, -0.1) is 0 Å². The molecule has 0 aromatic carbocycles. The fourth-order valence-electron chi connectivity index (χ4n) is 7.94. The normalized spacial score (nSPS) is 40.0. The van der Waals surface area contributed by atoms with Crippen molar-refractivity contribution < 1.29 is 57.4 Å². The molecule has 36 heavy (non-hydrogen) atoms. The molecule has 0 aliphatic heterocycles. The van der Waals surface area contributed by atoms with Crippen molar-refractivity contribution in [3.63, 3.8) is 0 Å². The molecule has 8 atom stereocenters. The first kappa shape index (κ1) is 28.8. The van der Waals surface area contributed by atoms with Gasteiger partial charge in [-0.1, -0.05) is 19.4 Å². The van der Waals surface area contributed by atoms with E-state index in [4.69, 9.17) is 9.84 Å². The van der Waals surface area contributed by atoms with Gasteiger partial charge in [0.25, 0.3) is 0 Å². The monoisotopic (exact) mass is 527 g/mol. The van der Waals surface area contributed by atoms with Crippen LogP contribution in [0.3, 0.4) is 0 Å². The second-order valence-electron chi connectivity index (χ2n) is 11.6. The van der Waals surface area contributed by atoms with Crippen LogP contribution in [0.4, 0.5) is 0 Å². The molecule has 0 bridgehead atoms. The molecule has 0 aromatic rings. The lowest BCUT2D eigenvalue weighted by Crippen LogP contribution is -3.00. The third kappa shape index (κ3) is 4.52. The second kappa shape index (κ2) is 10.2. The standard InChI is InChI=1S/C26H37NO8.ClH/c1-24-9-7-15(28)11-14(24)3-4-16-17-8-10-26(34,25(17,2)12-19(29)22(16)24)20(30)13-35-23(33)18(27)5-6-21(31)32;/h11,16-19,22,29,34H,3-10,12-13,27H2,1-2H3,(H,31,32);1H/t16?,17?,18-,19?,22?,24?,25?,26+;/m1./s1. The first-order chi connectivity index (χ1) is 16.3. The summed E-state index contributed by atoms with van der Waals surface area (Å²) in [6, 6.07) is -0.912. The number of carbonyl (C=O) groups excluding carboxylic acids is 3. The maximum absolute atomic E-state index is 13.2. The van der Waals surface area contributed by atoms with E-state index in [1.54, 1.807) is 6.08 Å². The number of carbonyl (C=O) groups is 4. The van der Waals surface area contributed by atoms with Crippen molar-refractivity contribution in [1.82, 2.24) is 0 Å². The van der Waals surface area contributed by atoms with Gasteiger partial charge in [0.1, 0.15) is 5.60 Å². The number of hydrogen-bond acceptors (Lipinski definition) is 7. The molecule has 4 aliphatic carbocycles. The molecule has 3 saturated carbocycles. The average molecular weight is 528 g/mol. The predicted octanol–water partition coefficient (Wildman–Crippen LogP) is -2.19. The molecule has 0 radical (unpaired) electrons. The lowest BCUT2D eigenvalue weighted by Gasteiger charge is -2.60. The molecule has 202 valence electrons. The summed E-state index contributed by atoms with van der Waals surface area (Å²) in [6.07, 6.45) is 4.76. The molecule has 6 unspecified atom stereocenters. The number of quaternary nitrogens is 1.